The van der Waals surface area contributed by atoms with Crippen molar-refractivity contribution in [1.29, 1.82) is 0 Å². The van der Waals surface area contributed by atoms with Crippen LogP contribution in [0.25, 0.3) is 0 Å². The molecule has 5 nitrogen and oxygen atoms in total. The number of phenols is 1. The van der Waals surface area contributed by atoms with Crippen LogP contribution in [0.3, 0.4) is 0 Å². The number of anilines is 1. The highest BCUT2D eigenvalue weighted by Gasteiger charge is 2.27. The van der Waals surface area contributed by atoms with Crippen molar-refractivity contribution in [1.82, 2.24) is 0 Å². The summed E-state index contributed by atoms with van der Waals surface area (Å²) in [5, 5.41) is 13.7. The summed E-state index contributed by atoms with van der Waals surface area (Å²) in [7, 11) is 0. The number of oxime groups is 1. The van der Waals surface area contributed by atoms with Gasteiger partial charge in [-0.05, 0) is 53.9 Å². The predicted octanol–water partition coefficient (Wildman–Crippen LogP) is 5.90. The number of rotatable bonds is 9. The molecule has 0 saturated carbocycles. The second kappa shape index (κ2) is 11.6. The molecule has 0 aliphatic carbocycles. The van der Waals surface area contributed by atoms with E-state index in [9.17, 15) is 14.3 Å². The Hall–Kier alpha value is -4.45. The molecule has 4 aromatic rings. The number of benzene rings is 4. The van der Waals surface area contributed by atoms with Gasteiger partial charge in [0.25, 0.3) is 5.91 Å². The number of hydrogen-bond donors (Lipinski definition) is 1. The van der Waals surface area contributed by atoms with Gasteiger partial charge in [-0.3, -0.25) is 4.79 Å². The molecule has 1 N–H and O–H groups in total. The van der Waals surface area contributed by atoms with E-state index in [1.807, 2.05) is 60.7 Å². The molecule has 35 heavy (non-hydrogen) atoms. The van der Waals surface area contributed by atoms with Gasteiger partial charge in [0.15, 0.2) is 6.61 Å². The van der Waals surface area contributed by atoms with Gasteiger partial charge < -0.3 is 14.8 Å². The van der Waals surface area contributed by atoms with Crippen molar-refractivity contribution in [2.75, 3.05) is 11.5 Å². The van der Waals surface area contributed by atoms with Crippen LogP contribution in [-0.4, -0.2) is 23.8 Å². The van der Waals surface area contributed by atoms with E-state index in [1.165, 1.54) is 18.3 Å². The lowest BCUT2D eigenvalue weighted by Gasteiger charge is -2.32. The zero-order chi connectivity index (χ0) is 24.5. The number of para-hydroxylation sites is 2. The molecule has 1 amide bonds. The molecule has 0 radical (unpaired) electrons. The number of halogens is 1. The summed E-state index contributed by atoms with van der Waals surface area (Å²) < 4.78 is 13.7. The van der Waals surface area contributed by atoms with E-state index in [0.717, 1.165) is 11.1 Å². The maximum atomic E-state index is 13.7. The van der Waals surface area contributed by atoms with E-state index in [0.29, 0.717) is 17.7 Å². The lowest BCUT2D eigenvalue weighted by molar-refractivity contribution is -0.123. The van der Waals surface area contributed by atoms with Crippen molar-refractivity contribution in [3.05, 3.63) is 132 Å². The zero-order valence-electron chi connectivity index (χ0n) is 19.0. The van der Waals surface area contributed by atoms with Gasteiger partial charge in [0.1, 0.15) is 11.6 Å². The molecule has 0 spiro atoms. The van der Waals surface area contributed by atoms with E-state index in [-0.39, 0.29) is 24.1 Å². The molecular formula is C29H25FN2O3. The van der Waals surface area contributed by atoms with Gasteiger partial charge in [-0.1, -0.05) is 78.0 Å². The van der Waals surface area contributed by atoms with E-state index < -0.39 is 6.04 Å². The summed E-state index contributed by atoms with van der Waals surface area (Å²) >= 11 is 0. The molecule has 176 valence electrons. The first-order valence-electron chi connectivity index (χ1n) is 11.2. The van der Waals surface area contributed by atoms with Crippen LogP contribution in [0.1, 0.15) is 22.7 Å². The molecule has 0 unspecified atom stereocenters. The SMILES string of the molecule is O=C(CO/N=C/c1ccccc1O)N(c1ccccc1)[C@@H](Cc1ccccc1)c1ccc(F)cc1. The summed E-state index contributed by atoms with van der Waals surface area (Å²) in [6.45, 7) is -0.314. The van der Waals surface area contributed by atoms with Crippen LogP contribution in [0.4, 0.5) is 10.1 Å². The normalized spacial score (nSPS) is 11.8. The Balaban J connectivity index is 1.62. The number of nitrogens with zero attached hydrogens (tertiary/aromatic N) is 2. The standard InChI is InChI=1S/C29H25FN2O3/c30-25-17-15-23(16-18-25)27(19-22-9-3-1-4-10-22)32(26-12-5-2-6-13-26)29(34)21-35-31-20-24-11-7-8-14-28(24)33/h1-18,20,27,33H,19,21H2/b31-20+/t27-/m0/s1. The summed E-state index contributed by atoms with van der Waals surface area (Å²) in [4.78, 5) is 20.5. The zero-order valence-corrected chi connectivity index (χ0v) is 19.0. The Bertz CT molecular complexity index is 1260. The average molecular weight is 469 g/mol. The summed E-state index contributed by atoms with van der Waals surface area (Å²) in [5.74, 6) is -0.584. The molecule has 0 bridgehead atoms. The maximum absolute atomic E-state index is 13.7. The Morgan fingerprint density at radius 2 is 1.51 bits per heavy atom. The summed E-state index contributed by atoms with van der Waals surface area (Å²) in [6.07, 6.45) is 1.88. The number of amides is 1. The molecule has 4 rings (SSSR count). The van der Waals surface area contributed by atoms with Crippen LogP contribution in [0.5, 0.6) is 5.75 Å². The molecule has 0 aliphatic rings. The minimum atomic E-state index is -0.404. The topological polar surface area (TPSA) is 62.1 Å². The molecule has 0 fully saturated rings. The summed E-state index contributed by atoms with van der Waals surface area (Å²) in [6, 6.07) is 31.6. The third kappa shape index (κ3) is 6.32. The number of carbonyl (C=O) groups is 1. The quantitative estimate of drug-likeness (QED) is 0.246. The maximum Gasteiger partial charge on any atom is 0.268 e. The number of hydrogen-bond acceptors (Lipinski definition) is 4. The highest BCUT2D eigenvalue weighted by Crippen LogP contribution is 2.31. The molecule has 0 saturated heterocycles. The third-order valence-electron chi connectivity index (χ3n) is 5.53. The molecule has 6 heteroatoms. The van der Waals surface area contributed by atoms with Crippen molar-refractivity contribution >= 4 is 17.8 Å². The Morgan fingerprint density at radius 3 is 2.20 bits per heavy atom. The predicted molar refractivity (Wildman–Crippen MR) is 135 cm³/mol. The van der Waals surface area contributed by atoms with Gasteiger partial charge in [0, 0.05) is 11.3 Å². The van der Waals surface area contributed by atoms with E-state index in [1.54, 1.807) is 41.3 Å². The van der Waals surface area contributed by atoms with Crippen molar-refractivity contribution in [3.63, 3.8) is 0 Å². The number of carbonyl (C=O) groups excluding carboxylic acids is 1. The van der Waals surface area contributed by atoms with E-state index >= 15 is 0 Å². The van der Waals surface area contributed by atoms with E-state index in [4.69, 9.17) is 4.84 Å². The highest BCUT2D eigenvalue weighted by molar-refractivity contribution is 5.95. The van der Waals surface area contributed by atoms with Gasteiger partial charge in [-0.25, -0.2) is 4.39 Å². The lowest BCUT2D eigenvalue weighted by Crippen LogP contribution is -2.38. The average Bonchev–Trinajstić information content (AvgIpc) is 2.89. The summed E-state index contributed by atoms with van der Waals surface area (Å²) in [5.41, 5.74) is 3.00. The highest BCUT2D eigenvalue weighted by atomic mass is 19.1. The van der Waals surface area contributed by atoms with Gasteiger partial charge in [0.2, 0.25) is 0 Å². The number of aromatic hydroxyl groups is 1. The van der Waals surface area contributed by atoms with Crippen LogP contribution >= 0.6 is 0 Å². The Kier molecular flexibility index (Phi) is 7.86. The molecule has 0 aromatic heterocycles. The minimum absolute atomic E-state index is 0.0660. The van der Waals surface area contributed by atoms with Crippen LogP contribution < -0.4 is 4.90 Å². The first-order valence-corrected chi connectivity index (χ1v) is 11.2. The first kappa shape index (κ1) is 23.7. The molecule has 0 aliphatic heterocycles. The monoisotopic (exact) mass is 468 g/mol. The third-order valence-corrected chi connectivity index (χ3v) is 5.53. The van der Waals surface area contributed by atoms with Gasteiger partial charge in [-0.2, -0.15) is 0 Å². The van der Waals surface area contributed by atoms with Crippen molar-refractivity contribution in [3.8, 4) is 5.75 Å². The fourth-order valence-corrected chi connectivity index (χ4v) is 3.82. The fourth-order valence-electron chi connectivity index (χ4n) is 3.82. The molecular weight excluding hydrogens is 443 g/mol. The lowest BCUT2D eigenvalue weighted by atomic mass is 9.96. The fraction of sp³-hybridized carbons (Fsp3) is 0.103. The van der Waals surface area contributed by atoms with Crippen molar-refractivity contribution in [2.24, 2.45) is 5.16 Å². The smallest absolute Gasteiger partial charge is 0.268 e. The Morgan fingerprint density at radius 1 is 0.886 bits per heavy atom. The van der Waals surface area contributed by atoms with Crippen LogP contribution in [0, 0.1) is 5.82 Å². The van der Waals surface area contributed by atoms with Gasteiger partial charge in [0.05, 0.1) is 12.3 Å². The van der Waals surface area contributed by atoms with Crippen LogP contribution in [0.15, 0.2) is 114 Å². The molecule has 0 heterocycles. The minimum Gasteiger partial charge on any atom is -0.507 e. The second-order valence-corrected chi connectivity index (χ2v) is 7.92. The van der Waals surface area contributed by atoms with Gasteiger partial charge in [-0.15, -0.1) is 0 Å². The van der Waals surface area contributed by atoms with Crippen LogP contribution in [-0.2, 0) is 16.1 Å². The first-order chi connectivity index (χ1) is 17.1. The number of phenolic OH excluding ortho intramolecular Hbond substituents is 1. The molecule has 4 aromatic carbocycles. The van der Waals surface area contributed by atoms with Crippen LogP contribution in [0.2, 0.25) is 0 Å². The van der Waals surface area contributed by atoms with Crippen molar-refractivity contribution in [2.45, 2.75) is 12.5 Å². The molecule has 1 atom stereocenters. The second-order valence-electron chi connectivity index (χ2n) is 7.92. The Labute approximate surface area is 203 Å². The largest absolute Gasteiger partial charge is 0.507 e. The van der Waals surface area contributed by atoms with Gasteiger partial charge >= 0.3 is 0 Å². The van der Waals surface area contributed by atoms with E-state index in [2.05, 4.69) is 5.16 Å². The van der Waals surface area contributed by atoms with Crippen molar-refractivity contribution < 1.29 is 19.1 Å².